The minimum absolute atomic E-state index is 0.0580. The summed E-state index contributed by atoms with van der Waals surface area (Å²) in [6.07, 6.45) is 4.15. The maximum atomic E-state index is 12.4. The minimum atomic E-state index is -0.416. The predicted molar refractivity (Wildman–Crippen MR) is 83.3 cm³/mol. The molecule has 1 saturated heterocycles. The number of nitrogens with zero attached hydrogens (tertiary/aromatic N) is 1. The molecule has 0 aliphatic carbocycles. The van der Waals surface area contributed by atoms with Gasteiger partial charge < -0.3 is 10.6 Å². The smallest absolute Gasteiger partial charge is 0.228 e. The first-order valence-corrected chi connectivity index (χ1v) is 8.49. The Morgan fingerprint density at radius 2 is 2.24 bits per heavy atom. The summed E-state index contributed by atoms with van der Waals surface area (Å²) in [4.78, 5) is 28.3. The van der Waals surface area contributed by atoms with Gasteiger partial charge >= 0.3 is 0 Å². The van der Waals surface area contributed by atoms with Crippen molar-refractivity contribution in [3.8, 4) is 0 Å². The molecule has 0 saturated carbocycles. The second-order valence-corrected chi connectivity index (χ2v) is 6.77. The SMILES string of the molecule is O=C1CC(C(=O)NCC2CCSCC2)c2cccnc2N1. The average molecular weight is 305 g/mol. The van der Waals surface area contributed by atoms with E-state index in [1.165, 1.54) is 11.5 Å². The number of carbonyl (C=O) groups is 2. The Hall–Kier alpha value is -1.56. The van der Waals surface area contributed by atoms with Gasteiger partial charge in [-0.1, -0.05) is 6.07 Å². The molecule has 1 aromatic heterocycles. The third-order valence-electron chi connectivity index (χ3n) is 4.08. The quantitative estimate of drug-likeness (QED) is 0.893. The number of nitrogens with one attached hydrogen (secondary N) is 2. The Bertz CT molecular complexity index is 543. The Labute approximate surface area is 128 Å². The van der Waals surface area contributed by atoms with Crippen LogP contribution >= 0.6 is 11.8 Å². The molecule has 1 aromatic rings. The first-order valence-electron chi connectivity index (χ1n) is 7.34. The van der Waals surface area contributed by atoms with Crippen molar-refractivity contribution in [2.75, 3.05) is 23.4 Å². The maximum Gasteiger partial charge on any atom is 0.228 e. The van der Waals surface area contributed by atoms with Gasteiger partial charge in [-0.15, -0.1) is 0 Å². The number of hydrogen-bond donors (Lipinski definition) is 2. The van der Waals surface area contributed by atoms with Crippen LogP contribution in [-0.4, -0.2) is 34.8 Å². The highest BCUT2D eigenvalue weighted by atomic mass is 32.2. The van der Waals surface area contributed by atoms with Gasteiger partial charge in [0.25, 0.3) is 0 Å². The van der Waals surface area contributed by atoms with E-state index in [-0.39, 0.29) is 18.2 Å². The van der Waals surface area contributed by atoms with Crippen molar-refractivity contribution in [1.29, 1.82) is 0 Å². The molecule has 2 N–H and O–H groups in total. The van der Waals surface area contributed by atoms with Crippen LogP contribution in [0, 0.1) is 5.92 Å². The first-order chi connectivity index (χ1) is 10.2. The highest BCUT2D eigenvalue weighted by molar-refractivity contribution is 7.99. The van der Waals surface area contributed by atoms with Crippen molar-refractivity contribution < 1.29 is 9.59 Å². The monoisotopic (exact) mass is 305 g/mol. The number of anilines is 1. The van der Waals surface area contributed by atoms with Crippen LogP contribution in [0.1, 0.15) is 30.7 Å². The van der Waals surface area contributed by atoms with Crippen LogP contribution < -0.4 is 10.6 Å². The van der Waals surface area contributed by atoms with Gasteiger partial charge in [-0.05, 0) is 36.3 Å². The molecule has 112 valence electrons. The second kappa shape index (κ2) is 6.47. The molecule has 21 heavy (non-hydrogen) atoms. The van der Waals surface area contributed by atoms with Crippen LogP contribution in [0.5, 0.6) is 0 Å². The third-order valence-corrected chi connectivity index (χ3v) is 5.13. The maximum absolute atomic E-state index is 12.4. The lowest BCUT2D eigenvalue weighted by Gasteiger charge is -2.26. The van der Waals surface area contributed by atoms with E-state index in [0.29, 0.717) is 18.3 Å². The molecule has 0 bridgehead atoms. The number of hydrogen-bond acceptors (Lipinski definition) is 4. The molecule has 0 spiro atoms. The van der Waals surface area contributed by atoms with Gasteiger partial charge in [0.05, 0.1) is 5.92 Å². The lowest BCUT2D eigenvalue weighted by molar-refractivity contribution is -0.126. The van der Waals surface area contributed by atoms with Crippen molar-refractivity contribution in [1.82, 2.24) is 10.3 Å². The van der Waals surface area contributed by atoms with Crippen LogP contribution in [-0.2, 0) is 9.59 Å². The normalized spacial score (nSPS) is 22.3. The molecule has 6 heteroatoms. The number of aromatic nitrogens is 1. The number of thioether (sulfide) groups is 1. The summed E-state index contributed by atoms with van der Waals surface area (Å²) in [5.74, 6) is 2.83. The van der Waals surface area contributed by atoms with E-state index in [0.717, 1.165) is 18.4 Å². The standard InChI is InChI=1S/C15H19N3O2S/c19-13-8-12(11-2-1-5-16-14(11)18-13)15(20)17-9-10-3-6-21-7-4-10/h1-2,5,10,12H,3-4,6-9H2,(H,17,20)(H,16,18,19). The van der Waals surface area contributed by atoms with Gasteiger partial charge in [0.1, 0.15) is 5.82 Å². The molecule has 2 aliphatic heterocycles. The van der Waals surface area contributed by atoms with E-state index < -0.39 is 5.92 Å². The molecular weight excluding hydrogens is 286 g/mol. The molecule has 2 aliphatic rings. The zero-order chi connectivity index (χ0) is 14.7. The third kappa shape index (κ3) is 3.37. The summed E-state index contributed by atoms with van der Waals surface area (Å²) in [5.41, 5.74) is 0.814. The summed E-state index contributed by atoms with van der Waals surface area (Å²) < 4.78 is 0. The fraction of sp³-hybridized carbons (Fsp3) is 0.533. The largest absolute Gasteiger partial charge is 0.355 e. The molecule has 1 fully saturated rings. The van der Waals surface area contributed by atoms with Gasteiger partial charge in [-0.25, -0.2) is 4.98 Å². The second-order valence-electron chi connectivity index (χ2n) is 5.55. The van der Waals surface area contributed by atoms with E-state index in [1.54, 1.807) is 12.3 Å². The highest BCUT2D eigenvalue weighted by Crippen LogP contribution is 2.30. The molecule has 3 heterocycles. The average Bonchev–Trinajstić information content (AvgIpc) is 2.52. The number of fused-ring (bicyclic) bond motifs is 1. The number of amides is 2. The first kappa shape index (κ1) is 14.4. The molecule has 0 radical (unpaired) electrons. The van der Waals surface area contributed by atoms with E-state index in [4.69, 9.17) is 0 Å². The van der Waals surface area contributed by atoms with Gasteiger partial charge in [0.15, 0.2) is 0 Å². The number of pyridine rings is 1. The highest BCUT2D eigenvalue weighted by Gasteiger charge is 2.31. The van der Waals surface area contributed by atoms with Crippen molar-refractivity contribution in [2.45, 2.75) is 25.2 Å². The zero-order valence-corrected chi connectivity index (χ0v) is 12.6. The van der Waals surface area contributed by atoms with Crippen LogP contribution in [0.25, 0.3) is 0 Å². The predicted octanol–water partition coefficient (Wildman–Crippen LogP) is 1.77. The molecule has 5 nitrogen and oxygen atoms in total. The molecule has 0 aromatic carbocycles. The summed E-state index contributed by atoms with van der Waals surface area (Å²) >= 11 is 1.98. The summed E-state index contributed by atoms with van der Waals surface area (Å²) in [7, 11) is 0. The van der Waals surface area contributed by atoms with E-state index >= 15 is 0 Å². The van der Waals surface area contributed by atoms with Crippen LogP contribution in [0.15, 0.2) is 18.3 Å². The minimum Gasteiger partial charge on any atom is -0.355 e. The van der Waals surface area contributed by atoms with Gasteiger partial charge in [-0.3, -0.25) is 9.59 Å². The fourth-order valence-electron chi connectivity index (χ4n) is 2.83. The molecule has 1 atom stereocenters. The Kier molecular flexibility index (Phi) is 4.43. The Morgan fingerprint density at radius 1 is 1.43 bits per heavy atom. The van der Waals surface area contributed by atoms with Crippen LogP contribution in [0.4, 0.5) is 5.82 Å². The van der Waals surface area contributed by atoms with Crippen molar-refractivity contribution >= 4 is 29.4 Å². The Balaban J connectivity index is 1.65. The zero-order valence-electron chi connectivity index (χ0n) is 11.8. The fourth-order valence-corrected chi connectivity index (χ4v) is 4.04. The molecule has 3 rings (SSSR count). The van der Waals surface area contributed by atoms with Crippen molar-refractivity contribution in [3.63, 3.8) is 0 Å². The van der Waals surface area contributed by atoms with Gasteiger partial charge in [0.2, 0.25) is 11.8 Å². The van der Waals surface area contributed by atoms with Crippen LogP contribution in [0.2, 0.25) is 0 Å². The van der Waals surface area contributed by atoms with Crippen molar-refractivity contribution in [2.24, 2.45) is 5.92 Å². The van der Waals surface area contributed by atoms with Gasteiger partial charge in [0, 0.05) is 24.7 Å². The van der Waals surface area contributed by atoms with Crippen LogP contribution in [0.3, 0.4) is 0 Å². The topological polar surface area (TPSA) is 71.1 Å². The summed E-state index contributed by atoms with van der Waals surface area (Å²) in [6.45, 7) is 0.715. The Morgan fingerprint density at radius 3 is 3.05 bits per heavy atom. The van der Waals surface area contributed by atoms with E-state index in [2.05, 4.69) is 15.6 Å². The summed E-state index contributed by atoms with van der Waals surface area (Å²) in [6, 6.07) is 3.66. The van der Waals surface area contributed by atoms with E-state index in [1.807, 2.05) is 17.8 Å². The van der Waals surface area contributed by atoms with E-state index in [9.17, 15) is 9.59 Å². The number of carbonyl (C=O) groups excluding carboxylic acids is 2. The lowest BCUT2D eigenvalue weighted by Crippen LogP contribution is -2.38. The lowest BCUT2D eigenvalue weighted by atomic mass is 9.91. The molecular formula is C15H19N3O2S. The number of rotatable bonds is 3. The molecule has 1 unspecified atom stereocenters. The molecule has 2 amide bonds. The van der Waals surface area contributed by atoms with Gasteiger partial charge in [-0.2, -0.15) is 11.8 Å². The summed E-state index contributed by atoms with van der Waals surface area (Å²) in [5, 5.41) is 5.74. The van der Waals surface area contributed by atoms with Crippen molar-refractivity contribution in [3.05, 3.63) is 23.9 Å².